The maximum absolute atomic E-state index is 10.8. The number of aliphatic carboxylic acids is 1. The molecule has 6 heteroatoms. The lowest BCUT2D eigenvalue weighted by Crippen LogP contribution is -2.30. The van der Waals surface area contributed by atoms with Crippen molar-refractivity contribution in [2.75, 3.05) is 13.1 Å². The summed E-state index contributed by atoms with van der Waals surface area (Å²) in [6.07, 6.45) is 0.841. The summed E-state index contributed by atoms with van der Waals surface area (Å²) >= 11 is 0. The van der Waals surface area contributed by atoms with Gasteiger partial charge in [-0.1, -0.05) is 26.0 Å². The van der Waals surface area contributed by atoms with Crippen LogP contribution in [0.25, 0.3) is 0 Å². The molecule has 1 atom stereocenters. The van der Waals surface area contributed by atoms with Crippen molar-refractivity contribution in [2.24, 2.45) is 0 Å². The summed E-state index contributed by atoms with van der Waals surface area (Å²) in [6.45, 7) is 5.09. The SMILES string of the molecule is CCC(c1cccc([N+](=O)[O-])c1)N(CC)CCC(=O)O. The highest BCUT2D eigenvalue weighted by Crippen LogP contribution is 2.27. The molecular formula is C14H20N2O4. The van der Waals surface area contributed by atoms with Crippen LogP contribution in [-0.4, -0.2) is 34.0 Å². The minimum Gasteiger partial charge on any atom is -0.481 e. The molecule has 0 aromatic heterocycles. The van der Waals surface area contributed by atoms with Crippen molar-refractivity contribution in [3.05, 3.63) is 39.9 Å². The van der Waals surface area contributed by atoms with E-state index in [1.165, 1.54) is 6.07 Å². The largest absolute Gasteiger partial charge is 0.481 e. The fourth-order valence-electron chi connectivity index (χ4n) is 2.32. The van der Waals surface area contributed by atoms with Gasteiger partial charge in [0, 0.05) is 24.7 Å². The lowest BCUT2D eigenvalue weighted by atomic mass is 10.0. The predicted octanol–water partition coefficient (Wildman–Crippen LogP) is 2.84. The van der Waals surface area contributed by atoms with Gasteiger partial charge in [-0.05, 0) is 18.5 Å². The first kappa shape index (κ1) is 16.1. The summed E-state index contributed by atoms with van der Waals surface area (Å²) < 4.78 is 0. The van der Waals surface area contributed by atoms with Crippen molar-refractivity contribution in [3.63, 3.8) is 0 Å². The van der Waals surface area contributed by atoms with E-state index in [0.717, 1.165) is 12.0 Å². The van der Waals surface area contributed by atoms with Crippen molar-refractivity contribution in [1.82, 2.24) is 4.90 Å². The number of benzene rings is 1. The molecule has 0 aliphatic carbocycles. The molecule has 0 aliphatic rings. The van der Waals surface area contributed by atoms with Crippen LogP contribution in [0.2, 0.25) is 0 Å². The number of hydrogen-bond donors (Lipinski definition) is 1. The summed E-state index contributed by atoms with van der Waals surface area (Å²) in [4.78, 5) is 23.1. The summed E-state index contributed by atoms with van der Waals surface area (Å²) in [5, 5.41) is 19.6. The average molecular weight is 280 g/mol. The molecule has 0 aliphatic heterocycles. The van der Waals surface area contributed by atoms with Gasteiger partial charge in [0.2, 0.25) is 0 Å². The molecule has 0 heterocycles. The van der Waals surface area contributed by atoms with Gasteiger partial charge in [-0.25, -0.2) is 0 Å². The van der Waals surface area contributed by atoms with E-state index in [1.54, 1.807) is 12.1 Å². The first-order valence-corrected chi connectivity index (χ1v) is 6.69. The Balaban J connectivity index is 2.94. The first-order chi connectivity index (χ1) is 9.49. The maximum atomic E-state index is 10.8. The van der Waals surface area contributed by atoms with Crippen LogP contribution in [0.1, 0.15) is 38.3 Å². The zero-order valence-electron chi connectivity index (χ0n) is 11.8. The summed E-state index contributed by atoms with van der Waals surface area (Å²) in [7, 11) is 0. The minimum absolute atomic E-state index is 0.000694. The second kappa shape index (κ2) is 7.59. The summed E-state index contributed by atoms with van der Waals surface area (Å²) in [5.41, 5.74) is 0.921. The van der Waals surface area contributed by atoms with E-state index in [0.29, 0.717) is 13.1 Å². The number of nitro benzene ring substituents is 1. The molecule has 0 bridgehead atoms. The average Bonchev–Trinajstić information content (AvgIpc) is 2.43. The number of carbonyl (C=O) groups is 1. The molecule has 1 aromatic rings. The molecule has 0 spiro atoms. The van der Waals surface area contributed by atoms with Crippen LogP contribution >= 0.6 is 0 Å². The Bertz CT molecular complexity index is 476. The second-order valence-electron chi connectivity index (χ2n) is 4.55. The zero-order chi connectivity index (χ0) is 15.1. The molecule has 20 heavy (non-hydrogen) atoms. The highest BCUT2D eigenvalue weighted by Gasteiger charge is 2.20. The quantitative estimate of drug-likeness (QED) is 0.584. The van der Waals surface area contributed by atoms with Crippen LogP contribution in [0.5, 0.6) is 0 Å². The van der Waals surface area contributed by atoms with Crippen molar-refractivity contribution >= 4 is 11.7 Å². The smallest absolute Gasteiger partial charge is 0.304 e. The van der Waals surface area contributed by atoms with E-state index in [1.807, 2.05) is 24.8 Å². The van der Waals surface area contributed by atoms with Gasteiger partial charge in [-0.15, -0.1) is 0 Å². The molecule has 1 N–H and O–H groups in total. The van der Waals surface area contributed by atoms with E-state index in [9.17, 15) is 14.9 Å². The van der Waals surface area contributed by atoms with Gasteiger partial charge in [0.15, 0.2) is 0 Å². The van der Waals surface area contributed by atoms with Gasteiger partial charge in [0.05, 0.1) is 11.3 Å². The van der Waals surface area contributed by atoms with Crippen molar-refractivity contribution < 1.29 is 14.8 Å². The Morgan fingerprint density at radius 1 is 1.45 bits per heavy atom. The maximum Gasteiger partial charge on any atom is 0.304 e. The van der Waals surface area contributed by atoms with E-state index in [4.69, 9.17) is 5.11 Å². The van der Waals surface area contributed by atoms with Crippen LogP contribution in [0.3, 0.4) is 0 Å². The zero-order valence-corrected chi connectivity index (χ0v) is 11.8. The lowest BCUT2D eigenvalue weighted by molar-refractivity contribution is -0.385. The normalized spacial score (nSPS) is 12.3. The molecule has 1 unspecified atom stereocenters. The molecule has 6 nitrogen and oxygen atoms in total. The third-order valence-electron chi connectivity index (χ3n) is 3.31. The molecule has 0 amide bonds. The van der Waals surface area contributed by atoms with Gasteiger partial charge in [-0.3, -0.25) is 19.8 Å². The van der Waals surface area contributed by atoms with Crippen LogP contribution in [0, 0.1) is 10.1 Å². The van der Waals surface area contributed by atoms with Crippen molar-refractivity contribution in [1.29, 1.82) is 0 Å². The molecule has 0 radical (unpaired) electrons. The van der Waals surface area contributed by atoms with Crippen LogP contribution in [0.15, 0.2) is 24.3 Å². The monoisotopic (exact) mass is 280 g/mol. The highest BCUT2D eigenvalue weighted by molar-refractivity contribution is 5.66. The summed E-state index contributed by atoms with van der Waals surface area (Å²) in [6, 6.07) is 6.55. The van der Waals surface area contributed by atoms with Gasteiger partial charge < -0.3 is 5.11 Å². The van der Waals surface area contributed by atoms with Gasteiger partial charge in [-0.2, -0.15) is 0 Å². The van der Waals surface area contributed by atoms with Gasteiger partial charge >= 0.3 is 5.97 Å². The summed E-state index contributed by atoms with van der Waals surface area (Å²) in [5.74, 6) is -0.836. The standard InChI is InChI=1S/C14H20N2O4/c1-3-13(15(4-2)9-8-14(17)18)11-6-5-7-12(10-11)16(19)20/h5-7,10,13H,3-4,8-9H2,1-2H3,(H,17,18). The number of nitro groups is 1. The Morgan fingerprint density at radius 2 is 2.15 bits per heavy atom. The molecule has 0 fully saturated rings. The van der Waals surface area contributed by atoms with Crippen molar-refractivity contribution in [3.8, 4) is 0 Å². The fraction of sp³-hybridized carbons (Fsp3) is 0.500. The first-order valence-electron chi connectivity index (χ1n) is 6.69. The molecule has 0 saturated heterocycles. The van der Waals surface area contributed by atoms with Crippen molar-refractivity contribution in [2.45, 2.75) is 32.7 Å². The molecule has 1 aromatic carbocycles. The highest BCUT2D eigenvalue weighted by atomic mass is 16.6. The Hall–Kier alpha value is -1.95. The Labute approximate surface area is 118 Å². The van der Waals surface area contributed by atoms with Crippen LogP contribution < -0.4 is 0 Å². The van der Waals surface area contributed by atoms with E-state index in [-0.39, 0.29) is 18.2 Å². The minimum atomic E-state index is -0.836. The Morgan fingerprint density at radius 3 is 2.65 bits per heavy atom. The predicted molar refractivity (Wildman–Crippen MR) is 75.6 cm³/mol. The molecule has 0 saturated carbocycles. The topological polar surface area (TPSA) is 83.7 Å². The van der Waals surface area contributed by atoms with Gasteiger partial charge in [0.25, 0.3) is 5.69 Å². The van der Waals surface area contributed by atoms with Gasteiger partial charge in [0.1, 0.15) is 0 Å². The van der Waals surface area contributed by atoms with E-state index < -0.39 is 10.9 Å². The number of carboxylic acid groups (broad SMARTS) is 1. The van der Waals surface area contributed by atoms with E-state index >= 15 is 0 Å². The number of non-ortho nitro benzene ring substituents is 1. The molecule has 1 rings (SSSR count). The third kappa shape index (κ3) is 4.31. The Kier molecular flexibility index (Phi) is 6.11. The molecule has 110 valence electrons. The molecular weight excluding hydrogens is 260 g/mol. The van der Waals surface area contributed by atoms with Crippen LogP contribution in [-0.2, 0) is 4.79 Å². The number of carboxylic acids is 1. The van der Waals surface area contributed by atoms with Crippen LogP contribution in [0.4, 0.5) is 5.69 Å². The van der Waals surface area contributed by atoms with E-state index in [2.05, 4.69) is 0 Å². The third-order valence-corrected chi connectivity index (χ3v) is 3.31. The second-order valence-corrected chi connectivity index (χ2v) is 4.55. The lowest BCUT2D eigenvalue weighted by Gasteiger charge is -2.29. The number of nitrogens with zero attached hydrogens (tertiary/aromatic N) is 2. The number of rotatable bonds is 8. The number of hydrogen-bond acceptors (Lipinski definition) is 4. The fourth-order valence-corrected chi connectivity index (χ4v) is 2.32.